The second kappa shape index (κ2) is 14.5. The molecule has 2 aliphatic heterocycles. The van der Waals surface area contributed by atoms with Crippen molar-refractivity contribution in [2.75, 3.05) is 54.1 Å². The van der Waals surface area contributed by atoms with E-state index in [4.69, 9.17) is 41.2 Å². The minimum absolute atomic E-state index is 0.00494. The lowest BCUT2D eigenvalue weighted by atomic mass is 10.1. The SMILES string of the molecule is CCCCNC(=O)OC(=O)C1(C(=O)N2CCN(Cc3ccc(OC)c(OC)c3OC)C(C)C2)CO1.O=S(=O)(O)O. The van der Waals surface area contributed by atoms with E-state index in [1.807, 2.05) is 26.0 Å². The monoisotopic (exact) mass is 591 g/mol. The number of hydrogen-bond donors (Lipinski definition) is 3. The van der Waals surface area contributed by atoms with Crippen LogP contribution in [0.15, 0.2) is 12.1 Å². The molecule has 2 amide bonds. The number of epoxide rings is 1. The highest BCUT2D eigenvalue weighted by Gasteiger charge is 2.63. The third-order valence-electron chi connectivity index (χ3n) is 6.30. The average molecular weight is 592 g/mol. The number of unbranched alkanes of at least 4 members (excludes halogenated alkanes) is 1. The Balaban J connectivity index is 0.00000103. The Morgan fingerprint density at radius 1 is 1.10 bits per heavy atom. The molecule has 15 nitrogen and oxygen atoms in total. The van der Waals surface area contributed by atoms with Gasteiger partial charge in [0, 0.05) is 44.3 Å². The van der Waals surface area contributed by atoms with E-state index >= 15 is 0 Å². The van der Waals surface area contributed by atoms with Crippen molar-refractivity contribution >= 4 is 28.4 Å². The quantitative estimate of drug-likeness (QED) is 0.114. The van der Waals surface area contributed by atoms with Crippen LogP contribution in [0.5, 0.6) is 17.2 Å². The Labute approximate surface area is 233 Å². The fourth-order valence-electron chi connectivity index (χ4n) is 4.15. The van der Waals surface area contributed by atoms with Crippen LogP contribution < -0.4 is 19.5 Å². The van der Waals surface area contributed by atoms with Gasteiger partial charge in [-0.05, 0) is 19.4 Å². The van der Waals surface area contributed by atoms with Crippen molar-refractivity contribution < 1.29 is 55.6 Å². The molecule has 0 aromatic heterocycles. The van der Waals surface area contributed by atoms with Crippen molar-refractivity contribution in [3.63, 3.8) is 0 Å². The lowest BCUT2D eigenvalue weighted by Crippen LogP contribution is -2.57. The third kappa shape index (κ3) is 8.92. The fourth-order valence-corrected chi connectivity index (χ4v) is 4.15. The van der Waals surface area contributed by atoms with Crippen molar-refractivity contribution in [3.05, 3.63) is 17.7 Å². The molecule has 2 unspecified atom stereocenters. The van der Waals surface area contributed by atoms with E-state index in [2.05, 4.69) is 10.2 Å². The van der Waals surface area contributed by atoms with Crippen LogP contribution >= 0.6 is 0 Å². The van der Waals surface area contributed by atoms with Crippen LogP contribution in [0.2, 0.25) is 0 Å². The predicted molar refractivity (Wildman–Crippen MR) is 140 cm³/mol. The van der Waals surface area contributed by atoms with Gasteiger partial charge in [0.05, 0.1) is 27.9 Å². The van der Waals surface area contributed by atoms with Crippen molar-refractivity contribution in [1.82, 2.24) is 15.1 Å². The smallest absolute Gasteiger partial charge is 0.414 e. The summed E-state index contributed by atoms with van der Waals surface area (Å²) in [5.74, 6) is 0.264. The maximum absolute atomic E-state index is 13.1. The Hall–Kier alpha value is -3.18. The number of carbonyl (C=O) groups excluding carboxylic acids is 3. The topological polar surface area (TPSA) is 194 Å². The van der Waals surface area contributed by atoms with Gasteiger partial charge in [-0.15, -0.1) is 0 Å². The van der Waals surface area contributed by atoms with Gasteiger partial charge in [0.15, 0.2) is 11.5 Å². The molecule has 2 atom stereocenters. The Morgan fingerprint density at radius 3 is 2.23 bits per heavy atom. The van der Waals surface area contributed by atoms with E-state index in [1.54, 1.807) is 26.2 Å². The van der Waals surface area contributed by atoms with Crippen molar-refractivity contribution in [2.45, 2.75) is 44.9 Å². The molecule has 3 rings (SSSR count). The second-order valence-electron chi connectivity index (χ2n) is 9.08. The second-order valence-corrected chi connectivity index (χ2v) is 9.98. The summed E-state index contributed by atoms with van der Waals surface area (Å²) in [6.45, 7) is 6.25. The number of benzene rings is 1. The molecule has 0 bridgehead atoms. The largest absolute Gasteiger partial charge is 0.493 e. The van der Waals surface area contributed by atoms with Gasteiger partial charge >= 0.3 is 22.5 Å². The summed E-state index contributed by atoms with van der Waals surface area (Å²) in [4.78, 5) is 41.3. The first-order chi connectivity index (χ1) is 18.8. The number of esters is 1. The van der Waals surface area contributed by atoms with E-state index in [-0.39, 0.29) is 12.6 Å². The predicted octanol–water partition coefficient (Wildman–Crippen LogP) is 0.914. The van der Waals surface area contributed by atoms with Crippen molar-refractivity contribution in [3.8, 4) is 17.2 Å². The van der Waals surface area contributed by atoms with Gasteiger partial charge in [-0.2, -0.15) is 8.42 Å². The molecule has 0 radical (unpaired) electrons. The summed E-state index contributed by atoms with van der Waals surface area (Å²) < 4.78 is 58.1. The van der Waals surface area contributed by atoms with Gasteiger partial charge < -0.3 is 33.9 Å². The van der Waals surface area contributed by atoms with Gasteiger partial charge in [0.25, 0.3) is 11.5 Å². The van der Waals surface area contributed by atoms with Gasteiger partial charge in [-0.25, -0.2) is 9.59 Å². The standard InChI is InChI=1S/C24H35N3O8.H2O4S/c1-6-7-10-25-23(30)35-22(29)24(15-34-24)21(28)27-12-11-26(16(2)13-27)14-17-8-9-18(31-3)20(33-5)19(17)32-4;1-5(2,3)4/h8-9,16H,6-7,10-15H2,1-5H3,(H,25,30);(H2,1,2,3,4). The molecule has 40 heavy (non-hydrogen) atoms. The Bertz CT molecular complexity index is 1150. The van der Waals surface area contributed by atoms with Crippen LogP contribution in [-0.2, 0) is 36.0 Å². The van der Waals surface area contributed by atoms with Gasteiger partial charge in [0.2, 0.25) is 5.75 Å². The van der Waals surface area contributed by atoms with E-state index in [1.165, 1.54) is 0 Å². The molecule has 0 saturated carbocycles. The fraction of sp³-hybridized carbons (Fsp3) is 0.625. The number of methoxy groups -OCH3 is 3. The van der Waals surface area contributed by atoms with Crippen LogP contribution in [0.3, 0.4) is 0 Å². The highest BCUT2D eigenvalue weighted by Crippen LogP contribution is 2.40. The minimum atomic E-state index is -4.67. The maximum atomic E-state index is 13.1. The number of ether oxygens (including phenoxy) is 5. The van der Waals surface area contributed by atoms with Crippen LogP contribution in [0, 0.1) is 0 Å². The van der Waals surface area contributed by atoms with E-state index < -0.39 is 34.0 Å². The molecule has 0 spiro atoms. The first kappa shape index (κ1) is 33.0. The number of amides is 2. The normalized spacial score (nSPS) is 20.5. The molecule has 2 heterocycles. The molecule has 1 aromatic carbocycles. The van der Waals surface area contributed by atoms with E-state index in [9.17, 15) is 14.4 Å². The molecule has 3 N–H and O–H groups in total. The highest BCUT2D eigenvalue weighted by molar-refractivity contribution is 7.79. The Kier molecular flexibility index (Phi) is 11.9. The molecule has 2 fully saturated rings. The number of hydrogen-bond acceptors (Lipinski definition) is 11. The lowest BCUT2D eigenvalue weighted by Gasteiger charge is -2.40. The summed E-state index contributed by atoms with van der Waals surface area (Å²) in [6.07, 6.45) is 0.789. The molecule has 226 valence electrons. The molecule has 0 aliphatic carbocycles. The molecule has 2 aliphatic rings. The van der Waals surface area contributed by atoms with Crippen LogP contribution in [0.1, 0.15) is 32.3 Å². The average Bonchev–Trinajstić information content (AvgIpc) is 3.70. The van der Waals surface area contributed by atoms with Crippen molar-refractivity contribution in [2.24, 2.45) is 0 Å². The summed E-state index contributed by atoms with van der Waals surface area (Å²) in [6, 6.07) is 3.76. The number of rotatable bonds is 10. The summed E-state index contributed by atoms with van der Waals surface area (Å²) in [7, 11) is 0.0478. The number of carbonyl (C=O) groups is 3. The van der Waals surface area contributed by atoms with E-state index in [0.29, 0.717) is 50.0 Å². The zero-order chi connectivity index (χ0) is 30.1. The van der Waals surface area contributed by atoms with E-state index in [0.717, 1.165) is 18.4 Å². The summed E-state index contributed by atoms with van der Waals surface area (Å²) >= 11 is 0. The van der Waals surface area contributed by atoms with Gasteiger partial charge in [-0.1, -0.05) is 19.4 Å². The summed E-state index contributed by atoms with van der Waals surface area (Å²) in [5, 5.41) is 2.50. The number of nitrogens with one attached hydrogen (secondary N) is 1. The van der Waals surface area contributed by atoms with Gasteiger partial charge in [0.1, 0.15) is 0 Å². The van der Waals surface area contributed by atoms with Crippen molar-refractivity contribution in [1.29, 1.82) is 0 Å². The molecular formula is C24H37N3O12S. The maximum Gasteiger partial charge on any atom is 0.414 e. The first-order valence-corrected chi connectivity index (χ1v) is 13.9. The lowest BCUT2D eigenvalue weighted by molar-refractivity contribution is -0.154. The zero-order valence-electron chi connectivity index (χ0n) is 23.2. The first-order valence-electron chi connectivity index (χ1n) is 12.5. The van der Waals surface area contributed by atoms with Crippen LogP contribution in [0.4, 0.5) is 4.79 Å². The highest BCUT2D eigenvalue weighted by atomic mass is 32.3. The minimum Gasteiger partial charge on any atom is -0.493 e. The molecular weight excluding hydrogens is 554 g/mol. The number of alkyl carbamates (subject to hydrolysis) is 1. The zero-order valence-corrected chi connectivity index (χ0v) is 24.0. The molecule has 1 aromatic rings. The van der Waals surface area contributed by atoms with Gasteiger partial charge in [-0.3, -0.25) is 18.8 Å². The third-order valence-corrected chi connectivity index (χ3v) is 6.30. The Morgan fingerprint density at radius 2 is 1.73 bits per heavy atom. The molecule has 2 saturated heterocycles. The summed E-state index contributed by atoms with van der Waals surface area (Å²) in [5.41, 5.74) is -0.798. The van der Waals surface area contributed by atoms with Crippen LogP contribution in [0.25, 0.3) is 0 Å². The number of piperazine rings is 1. The molecule has 16 heteroatoms. The number of nitrogens with zero attached hydrogens (tertiary/aromatic N) is 2. The van der Waals surface area contributed by atoms with Crippen LogP contribution in [-0.4, -0.2) is 111 Å².